The highest BCUT2D eigenvalue weighted by molar-refractivity contribution is 4.81. The Balaban J connectivity index is 4.10. The van der Waals surface area contributed by atoms with Crippen LogP contribution in [0.15, 0.2) is 0 Å². The SMILES string of the molecule is CCC(C)(N)CN(CCOC)CC(C)C. The smallest absolute Gasteiger partial charge is 0.0589 e. The van der Waals surface area contributed by atoms with Gasteiger partial charge in [0, 0.05) is 32.3 Å². The fraction of sp³-hybridized carbons (Fsp3) is 1.00. The van der Waals surface area contributed by atoms with Gasteiger partial charge in [-0.1, -0.05) is 20.8 Å². The van der Waals surface area contributed by atoms with E-state index in [0.717, 1.165) is 32.7 Å². The third-order valence-electron chi connectivity index (χ3n) is 2.63. The molecule has 0 aromatic rings. The zero-order valence-electron chi connectivity index (χ0n) is 11.0. The quantitative estimate of drug-likeness (QED) is 0.671. The minimum atomic E-state index is -0.0807. The molecular formula is C12H28N2O. The van der Waals surface area contributed by atoms with Gasteiger partial charge in [0.1, 0.15) is 0 Å². The van der Waals surface area contributed by atoms with Crippen molar-refractivity contribution < 1.29 is 4.74 Å². The summed E-state index contributed by atoms with van der Waals surface area (Å²) in [7, 11) is 1.75. The van der Waals surface area contributed by atoms with Crippen LogP contribution in [0.5, 0.6) is 0 Å². The van der Waals surface area contributed by atoms with Gasteiger partial charge in [0.2, 0.25) is 0 Å². The third kappa shape index (κ3) is 7.77. The highest BCUT2D eigenvalue weighted by Gasteiger charge is 2.20. The second kappa shape index (κ2) is 7.20. The first-order valence-corrected chi connectivity index (χ1v) is 5.91. The summed E-state index contributed by atoms with van der Waals surface area (Å²) >= 11 is 0. The van der Waals surface area contributed by atoms with Crippen LogP contribution in [0.25, 0.3) is 0 Å². The van der Waals surface area contributed by atoms with Gasteiger partial charge in [0.05, 0.1) is 6.61 Å². The van der Waals surface area contributed by atoms with Crippen molar-refractivity contribution in [2.45, 2.75) is 39.7 Å². The Hall–Kier alpha value is -0.120. The number of rotatable bonds is 8. The zero-order valence-corrected chi connectivity index (χ0v) is 11.0. The van der Waals surface area contributed by atoms with Crippen LogP contribution in [0.1, 0.15) is 34.1 Å². The normalized spacial score (nSPS) is 16.0. The Bertz CT molecular complexity index is 158. The van der Waals surface area contributed by atoms with E-state index in [1.54, 1.807) is 7.11 Å². The molecule has 0 aliphatic heterocycles. The van der Waals surface area contributed by atoms with Gasteiger partial charge >= 0.3 is 0 Å². The molecule has 1 unspecified atom stereocenters. The second-order valence-corrected chi connectivity index (χ2v) is 5.13. The summed E-state index contributed by atoms with van der Waals surface area (Å²) in [5.41, 5.74) is 6.10. The molecule has 0 saturated heterocycles. The van der Waals surface area contributed by atoms with E-state index in [2.05, 4.69) is 32.6 Å². The summed E-state index contributed by atoms with van der Waals surface area (Å²) in [6, 6.07) is 0. The van der Waals surface area contributed by atoms with E-state index in [9.17, 15) is 0 Å². The van der Waals surface area contributed by atoms with Gasteiger partial charge in [0.15, 0.2) is 0 Å². The number of nitrogens with zero attached hydrogens (tertiary/aromatic N) is 1. The van der Waals surface area contributed by atoms with Crippen LogP contribution in [0.3, 0.4) is 0 Å². The Labute approximate surface area is 95.0 Å². The predicted octanol–water partition coefficient (Wildman–Crippen LogP) is 1.72. The van der Waals surface area contributed by atoms with Crippen LogP contribution in [-0.2, 0) is 4.74 Å². The lowest BCUT2D eigenvalue weighted by molar-refractivity contribution is 0.123. The number of ether oxygens (including phenoxy) is 1. The number of nitrogens with two attached hydrogens (primary N) is 1. The summed E-state index contributed by atoms with van der Waals surface area (Å²) in [6.45, 7) is 12.5. The lowest BCUT2D eigenvalue weighted by Gasteiger charge is -2.32. The fourth-order valence-electron chi connectivity index (χ4n) is 1.59. The van der Waals surface area contributed by atoms with Crippen LogP contribution in [0, 0.1) is 5.92 Å². The molecule has 0 bridgehead atoms. The molecule has 0 spiro atoms. The first-order chi connectivity index (χ1) is 6.91. The molecule has 0 amide bonds. The van der Waals surface area contributed by atoms with Crippen molar-refractivity contribution in [3.8, 4) is 0 Å². The van der Waals surface area contributed by atoms with E-state index in [4.69, 9.17) is 10.5 Å². The maximum Gasteiger partial charge on any atom is 0.0589 e. The highest BCUT2D eigenvalue weighted by atomic mass is 16.5. The van der Waals surface area contributed by atoms with Crippen LogP contribution in [0.4, 0.5) is 0 Å². The van der Waals surface area contributed by atoms with Gasteiger partial charge in [-0.25, -0.2) is 0 Å². The van der Waals surface area contributed by atoms with E-state index < -0.39 is 0 Å². The van der Waals surface area contributed by atoms with Crippen LogP contribution < -0.4 is 5.73 Å². The Morgan fingerprint density at radius 1 is 1.40 bits per heavy atom. The average Bonchev–Trinajstić information content (AvgIpc) is 2.13. The topological polar surface area (TPSA) is 38.5 Å². The summed E-state index contributed by atoms with van der Waals surface area (Å²) in [5.74, 6) is 0.675. The number of methoxy groups -OCH3 is 1. The van der Waals surface area contributed by atoms with Gasteiger partial charge in [-0.3, -0.25) is 4.90 Å². The molecule has 0 aromatic carbocycles. The first-order valence-electron chi connectivity index (χ1n) is 5.91. The molecule has 92 valence electrons. The largest absolute Gasteiger partial charge is 0.383 e. The molecule has 0 aliphatic rings. The molecule has 15 heavy (non-hydrogen) atoms. The standard InChI is InChI=1S/C12H28N2O/c1-6-12(4,13)10-14(7-8-15-5)9-11(2)3/h11H,6-10,13H2,1-5H3. The van der Waals surface area contributed by atoms with Crippen molar-refractivity contribution in [1.82, 2.24) is 4.90 Å². The van der Waals surface area contributed by atoms with Crippen molar-refractivity contribution in [2.24, 2.45) is 11.7 Å². The molecule has 0 radical (unpaired) electrons. The van der Waals surface area contributed by atoms with Crippen molar-refractivity contribution in [2.75, 3.05) is 33.4 Å². The highest BCUT2D eigenvalue weighted by Crippen LogP contribution is 2.09. The van der Waals surface area contributed by atoms with Crippen LogP contribution in [0.2, 0.25) is 0 Å². The van der Waals surface area contributed by atoms with E-state index >= 15 is 0 Å². The average molecular weight is 216 g/mol. The lowest BCUT2D eigenvalue weighted by Crippen LogP contribution is -2.49. The first kappa shape index (κ1) is 14.9. The Morgan fingerprint density at radius 3 is 2.40 bits per heavy atom. The molecule has 1 atom stereocenters. The Morgan fingerprint density at radius 2 is 2.00 bits per heavy atom. The third-order valence-corrected chi connectivity index (χ3v) is 2.63. The number of hydrogen-bond acceptors (Lipinski definition) is 3. The van der Waals surface area contributed by atoms with E-state index in [1.807, 2.05) is 0 Å². The van der Waals surface area contributed by atoms with Gasteiger partial charge in [-0.2, -0.15) is 0 Å². The van der Waals surface area contributed by atoms with Crippen LogP contribution in [-0.4, -0.2) is 43.8 Å². The van der Waals surface area contributed by atoms with Crippen molar-refractivity contribution in [3.63, 3.8) is 0 Å². The molecule has 0 aromatic heterocycles. The van der Waals surface area contributed by atoms with Gasteiger partial charge in [-0.05, 0) is 19.3 Å². The van der Waals surface area contributed by atoms with Crippen LogP contribution >= 0.6 is 0 Å². The monoisotopic (exact) mass is 216 g/mol. The summed E-state index contributed by atoms with van der Waals surface area (Å²) in [4.78, 5) is 2.40. The van der Waals surface area contributed by atoms with E-state index in [-0.39, 0.29) is 5.54 Å². The minimum Gasteiger partial charge on any atom is -0.383 e. The van der Waals surface area contributed by atoms with Gasteiger partial charge in [-0.15, -0.1) is 0 Å². The van der Waals surface area contributed by atoms with E-state index in [1.165, 1.54) is 0 Å². The van der Waals surface area contributed by atoms with Gasteiger partial charge < -0.3 is 10.5 Å². The molecule has 3 heteroatoms. The van der Waals surface area contributed by atoms with Crippen molar-refractivity contribution in [1.29, 1.82) is 0 Å². The number of hydrogen-bond donors (Lipinski definition) is 1. The molecule has 2 N–H and O–H groups in total. The molecule has 0 saturated carbocycles. The van der Waals surface area contributed by atoms with E-state index in [0.29, 0.717) is 5.92 Å². The second-order valence-electron chi connectivity index (χ2n) is 5.13. The summed E-state index contributed by atoms with van der Waals surface area (Å²) in [5, 5.41) is 0. The van der Waals surface area contributed by atoms with Gasteiger partial charge in [0.25, 0.3) is 0 Å². The summed E-state index contributed by atoms with van der Waals surface area (Å²) in [6.07, 6.45) is 1.01. The summed E-state index contributed by atoms with van der Waals surface area (Å²) < 4.78 is 5.12. The van der Waals surface area contributed by atoms with Crippen molar-refractivity contribution in [3.05, 3.63) is 0 Å². The molecule has 0 fully saturated rings. The van der Waals surface area contributed by atoms with Crippen molar-refractivity contribution >= 4 is 0 Å². The molecule has 0 heterocycles. The maximum absolute atomic E-state index is 6.18. The molecular weight excluding hydrogens is 188 g/mol. The molecule has 3 nitrogen and oxygen atoms in total. The molecule has 0 rings (SSSR count). The predicted molar refractivity (Wildman–Crippen MR) is 66.0 cm³/mol. The Kier molecular flexibility index (Phi) is 7.14. The minimum absolute atomic E-state index is 0.0807. The molecule has 0 aliphatic carbocycles. The zero-order chi connectivity index (χ0) is 11.9. The lowest BCUT2D eigenvalue weighted by atomic mass is 9.99. The fourth-order valence-corrected chi connectivity index (χ4v) is 1.59. The maximum atomic E-state index is 6.18.